The molecule has 0 saturated heterocycles. The minimum Gasteiger partial charge on any atom is -0.456 e. The average molecular weight is 746 g/mol. The lowest BCUT2D eigenvalue weighted by Crippen LogP contribution is -2.11. The monoisotopic (exact) mass is 745 g/mol. The number of anilines is 3. The number of fused-ring (bicyclic) bond motifs is 6. The predicted molar refractivity (Wildman–Crippen MR) is 243 cm³/mol. The van der Waals surface area contributed by atoms with E-state index in [4.69, 9.17) is 4.42 Å². The van der Waals surface area contributed by atoms with Crippen LogP contribution in [0.4, 0.5) is 17.1 Å². The Morgan fingerprint density at radius 3 is 1.68 bits per heavy atom. The van der Waals surface area contributed by atoms with Gasteiger partial charge in [0.1, 0.15) is 11.2 Å². The quantitative estimate of drug-likeness (QED) is 0.162. The number of benzene rings is 9. The van der Waals surface area contributed by atoms with E-state index in [9.17, 15) is 0 Å². The van der Waals surface area contributed by atoms with Crippen molar-refractivity contribution in [1.29, 1.82) is 0 Å². The number of hydrogen-bond donors (Lipinski definition) is 0. The first-order valence-electron chi connectivity index (χ1n) is 19.3. The van der Waals surface area contributed by atoms with E-state index in [0.29, 0.717) is 0 Å². The molecule has 11 aromatic rings. The van der Waals surface area contributed by atoms with Crippen LogP contribution in [0.5, 0.6) is 0 Å². The maximum Gasteiger partial charge on any atom is 0.136 e. The fourth-order valence-electron chi connectivity index (χ4n) is 8.41. The molecule has 0 amide bonds. The maximum atomic E-state index is 6.64. The van der Waals surface area contributed by atoms with Gasteiger partial charge in [-0.2, -0.15) is 0 Å². The second kappa shape index (κ2) is 13.8. The van der Waals surface area contributed by atoms with E-state index in [1.807, 2.05) is 11.3 Å². The van der Waals surface area contributed by atoms with Gasteiger partial charge in [0.05, 0.1) is 5.69 Å². The van der Waals surface area contributed by atoms with Crippen LogP contribution in [0.25, 0.3) is 86.6 Å². The third-order valence-corrected chi connectivity index (χ3v) is 12.2. The fourth-order valence-corrected chi connectivity index (χ4v) is 9.55. The molecule has 0 unspecified atom stereocenters. The number of furan rings is 1. The van der Waals surface area contributed by atoms with Gasteiger partial charge in [-0.15, -0.1) is 11.3 Å². The van der Waals surface area contributed by atoms with Crippen molar-refractivity contribution in [2.75, 3.05) is 4.90 Å². The van der Waals surface area contributed by atoms with Gasteiger partial charge in [0, 0.05) is 47.9 Å². The summed E-state index contributed by atoms with van der Waals surface area (Å²) in [6.07, 6.45) is 0. The van der Waals surface area contributed by atoms with Gasteiger partial charge in [0.15, 0.2) is 0 Å². The van der Waals surface area contributed by atoms with Crippen molar-refractivity contribution in [1.82, 2.24) is 0 Å². The Morgan fingerprint density at radius 1 is 0.351 bits per heavy atom. The smallest absolute Gasteiger partial charge is 0.136 e. The highest BCUT2D eigenvalue weighted by atomic mass is 32.1. The van der Waals surface area contributed by atoms with Crippen molar-refractivity contribution in [2.24, 2.45) is 0 Å². The highest BCUT2D eigenvalue weighted by Crippen LogP contribution is 2.50. The largest absolute Gasteiger partial charge is 0.456 e. The summed E-state index contributed by atoms with van der Waals surface area (Å²) < 4.78 is 9.19. The first kappa shape index (κ1) is 33.2. The highest BCUT2D eigenvalue weighted by Gasteiger charge is 2.25. The molecule has 0 N–H and O–H groups in total. The molecule has 9 aromatic carbocycles. The van der Waals surface area contributed by atoms with Crippen molar-refractivity contribution in [2.45, 2.75) is 0 Å². The summed E-state index contributed by atoms with van der Waals surface area (Å²) in [5.41, 5.74) is 14.3. The standard InChI is InChI=1S/C54H35NOS/c1-4-14-36(15-5-1)38-24-27-41(28-25-38)55(42-29-31-44-43-20-11-13-23-51(43)57-52(44)35-42)48-32-33-50-54(46-21-10-12-22-49(46)56-50)53(48)45-30-26-40(37-16-6-2-7-17-37)34-47(45)39-18-8-3-9-19-39/h1-35H. The van der Waals surface area contributed by atoms with Gasteiger partial charge in [-0.05, 0) is 93.5 Å². The Morgan fingerprint density at radius 2 is 0.930 bits per heavy atom. The molecule has 268 valence electrons. The maximum absolute atomic E-state index is 6.64. The molecule has 2 heterocycles. The molecule has 2 nitrogen and oxygen atoms in total. The molecule has 0 aliphatic carbocycles. The van der Waals surface area contributed by atoms with Crippen LogP contribution in [0.2, 0.25) is 0 Å². The van der Waals surface area contributed by atoms with Gasteiger partial charge >= 0.3 is 0 Å². The highest BCUT2D eigenvalue weighted by molar-refractivity contribution is 7.25. The zero-order valence-electron chi connectivity index (χ0n) is 31.0. The molecule has 2 aromatic heterocycles. The topological polar surface area (TPSA) is 16.4 Å². The lowest BCUT2D eigenvalue weighted by molar-refractivity contribution is 0.669. The number of hydrogen-bond acceptors (Lipinski definition) is 3. The van der Waals surface area contributed by atoms with Crippen molar-refractivity contribution >= 4 is 70.5 Å². The second-order valence-electron chi connectivity index (χ2n) is 14.5. The first-order chi connectivity index (χ1) is 28.3. The van der Waals surface area contributed by atoms with Crippen molar-refractivity contribution in [3.8, 4) is 44.5 Å². The Bertz CT molecular complexity index is 3220. The molecule has 0 spiro atoms. The molecule has 0 fully saturated rings. The van der Waals surface area contributed by atoms with E-state index in [0.717, 1.165) is 61.3 Å². The summed E-state index contributed by atoms with van der Waals surface area (Å²) in [7, 11) is 0. The number of rotatable bonds is 7. The molecule has 0 radical (unpaired) electrons. The first-order valence-corrected chi connectivity index (χ1v) is 20.1. The van der Waals surface area contributed by atoms with E-state index in [1.54, 1.807) is 0 Å². The molecule has 57 heavy (non-hydrogen) atoms. The number of para-hydroxylation sites is 1. The van der Waals surface area contributed by atoms with Crippen LogP contribution in [0.1, 0.15) is 0 Å². The second-order valence-corrected chi connectivity index (χ2v) is 15.5. The third kappa shape index (κ3) is 5.80. The van der Waals surface area contributed by atoms with Crippen LogP contribution >= 0.6 is 11.3 Å². The molecule has 0 aliphatic rings. The molecule has 0 atom stereocenters. The molecule has 11 rings (SSSR count). The zero-order chi connectivity index (χ0) is 37.7. The van der Waals surface area contributed by atoms with Gasteiger partial charge in [-0.25, -0.2) is 0 Å². The summed E-state index contributed by atoms with van der Waals surface area (Å²) in [4.78, 5) is 2.44. The minimum atomic E-state index is 0.862. The van der Waals surface area contributed by atoms with E-state index in [-0.39, 0.29) is 0 Å². The average Bonchev–Trinajstić information content (AvgIpc) is 3.86. The molecule has 0 bridgehead atoms. The van der Waals surface area contributed by atoms with Crippen LogP contribution in [-0.4, -0.2) is 0 Å². The Labute approximate surface area is 335 Å². The van der Waals surface area contributed by atoms with Crippen LogP contribution in [0.15, 0.2) is 217 Å². The third-order valence-electron chi connectivity index (χ3n) is 11.1. The van der Waals surface area contributed by atoms with E-state index in [2.05, 4.69) is 217 Å². The van der Waals surface area contributed by atoms with Crippen molar-refractivity contribution < 1.29 is 4.42 Å². The summed E-state index contributed by atoms with van der Waals surface area (Å²) >= 11 is 1.85. The molecule has 3 heteroatoms. The SMILES string of the molecule is c1ccc(-c2ccc(N(c3ccc4c(c3)sc3ccccc34)c3ccc4oc5ccccc5c4c3-c3ccc(-c4ccccc4)cc3-c3ccccc3)cc2)cc1. The minimum absolute atomic E-state index is 0.862. The van der Waals surface area contributed by atoms with E-state index < -0.39 is 0 Å². The van der Waals surface area contributed by atoms with Crippen LogP contribution < -0.4 is 4.90 Å². The number of thiophene rings is 1. The van der Waals surface area contributed by atoms with Gasteiger partial charge in [-0.3, -0.25) is 0 Å². The van der Waals surface area contributed by atoms with Gasteiger partial charge < -0.3 is 9.32 Å². The Hall–Kier alpha value is -7.20. The summed E-state index contributed by atoms with van der Waals surface area (Å²) in [6.45, 7) is 0. The summed E-state index contributed by atoms with van der Waals surface area (Å²) in [5, 5.41) is 4.76. The van der Waals surface area contributed by atoms with Gasteiger partial charge in [0.25, 0.3) is 0 Å². The fraction of sp³-hybridized carbons (Fsp3) is 0. The van der Waals surface area contributed by atoms with Crippen molar-refractivity contribution in [3.05, 3.63) is 212 Å². The Balaban J connectivity index is 1.22. The summed E-state index contributed by atoms with van der Waals surface area (Å²) in [6, 6.07) is 76.5. The van der Waals surface area contributed by atoms with Gasteiger partial charge in [0.2, 0.25) is 0 Å². The lowest BCUT2D eigenvalue weighted by Gasteiger charge is -2.29. The molecular weight excluding hydrogens is 711 g/mol. The van der Waals surface area contributed by atoms with Gasteiger partial charge in [-0.1, -0.05) is 158 Å². The van der Waals surface area contributed by atoms with E-state index in [1.165, 1.54) is 42.4 Å². The predicted octanol–water partition coefficient (Wildman–Crippen LogP) is 16.1. The lowest BCUT2D eigenvalue weighted by atomic mass is 9.88. The molecule has 0 aliphatic heterocycles. The molecular formula is C54H35NOS. The molecule has 0 saturated carbocycles. The summed E-state index contributed by atoms with van der Waals surface area (Å²) in [5.74, 6) is 0. The van der Waals surface area contributed by atoms with Crippen molar-refractivity contribution in [3.63, 3.8) is 0 Å². The Kier molecular flexibility index (Phi) is 8.04. The van der Waals surface area contributed by atoms with Crippen LogP contribution in [0, 0.1) is 0 Å². The zero-order valence-corrected chi connectivity index (χ0v) is 31.8. The normalized spacial score (nSPS) is 11.5. The van der Waals surface area contributed by atoms with Crippen LogP contribution in [0.3, 0.4) is 0 Å². The van der Waals surface area contributed by atoms with Crippen LogP contribution in [-0.2, 0) is 0 Å². The van der Waals surface area contributed by atoms with E-state index >= 15 is 0 Å². The number of nitrogens with zero attached hydrogens (tertiary/aromatic N) is 1.